The summed E-state index contributed by atoms with van der Waals surface area (Å²) in [4.78, 5) is 37.2. The Balaban J connectivity index is 2.16. The molecule has 6 heteroatoms. The average molecular weight is 239 g/mol. The number of nitrogens with one attached hydrogen (secondary N) is 1. The van der Waals surface area contributed by atoms with Gasteiger partial charge < -0.3 is 4.90 Å². The lowest BCUT2D eigenvalue weighted by atomic mass is 9.95. The molecular weight excluding hydrogens is 222 g/mol. The maximum atomic E-state index is 11.5. The number of hydrogen-bond acceptors (Lipinski definition) is 4. The van der Waals surface area contributed by atoms with E-state index >= 15 is 0 Å². The largest absolute Gasteiger partial charge is 0.331 e. The number of likely N-dealkylation sites (N-methyl/N-ethyl adjacent to an activating group) is 1. The lowest BCUT2D eigenvalue weighted by molar-refractivity contribution is -0.140. The average Bonchev–Trinajstić information content (AvgIpc) is 2.81. The number of nitrogens with zero attached hydrogens (tertiary/aromatic N) is 2. The summed E-state index contributed by atoms with van der Waals surface area (Å²) >= 11 is 0. The molecule has 1 heterocycles. The summed E-state index contributed by atoms with van der Waals surface area (Å²) in [6.07, 6.45) is 4.09. The molecular formula is C11H17N3O3. The van der Waals surface area contributed by atoms with Gasteiger partial charge in [-0.05, 0) is 26.9 Å². The zero-order valence-corrected chi connectivity index (χ0v) is 10.2. The predicted molar refractivity (Wildman–Crippen MR) is 60.1 cm³/mol. The van der Waals surface area contributed by atoms with E-state index in [1.807, 2.05) is 19.4 Å². The first-order chi connectivity index (χ1) is 7.96. The van der Waals surface area contributed by atoms with Crippen LogP contribution in [-0.2, 0) is 9.59 Å². The molecule has 94 valence electrons. The maximum Gasteiger partial charge on any atom is 0.331 e. The number of amides is 4. The van der Waals surface area contributed by atoms with Gasteiger partial charge in [-0.1, -0.05) is 12.8 Å². The van der Waals surface area contributed by atoms with E-state index in [0.29, 0.717) is 6.54 Å². The fourth-order valence-corrected chi connectivity index (χ4v) is 2.65. The molecule has 2 aliphatic rings. The zero-order chi connectivity index (χ0) is 12.6. The van der Waals surface area contributed by atoms with Crippen molar-refractivity contribution < 1.29 is 14.4 Å². The van der Waals surface area contributed by atoms with Crippen LogP contribution in [0.4, 0.5) is 4.79 Å². The topological polar surface area (TPSA) is 69.7 Å². The van der Waals surface area contributed by atoms with Gasteiger partial charge in [0.25, 0.3) is 0 Å². The molecule has 1 saturated heterocycles. The van der Waals surface area contributed by atoms with Crippen LogP contribution in [0.25, 0.3) is 0 Å². The van der Waals surface area contributed by atoms with Crippen molar-refractivity contribution >= 4 is 17.8 Å². The van der Waals surface area contributed by atoms with Gasteiger partial charge in [0, 0.05) is 12.1 Å². The predicted octanol–water partition coefficient (Wildman–Crippen LogP) is -0.0608. The minimum atomic E-state index is -0.818. The van der Waals surface area contributed by atoms with Gasteiger partial charge in [0.2, 0.25) is 0 Å². The third kappa shape index (κ3) is 1.93. The highest BCUT2D eigenvalue weighted by molar-refractivity contribution is 6.44. The molecule has 0 aromatic carbocycles. The number of hydrogen-bond donors (Lipinski definition) is 1. The zero-order valence-electron chi connectivity index (χ0n) is 10.2. The van der Waals surface area contributed by atoms with Gasteiger partial charge in [-0.3, -0.25) is 19.8 Å². The van der Waals surface area contributed by atoms with Crippen LogP contribution in [0.5, 0.6) is 0 Å². The Morgan fingerprint density at radius 2 is 1.82 bits per heavy atom. The van der Waals surface area contributed by atoms with Crippen LogP contribution in [0, 0.1) is 0 Å². The van der Waals surface area contributed by atoms with Crippen LogP contribution < -0.4 is 5.32 Å². The second-order valence-electron chi connectivity index (χ2n) is 4.98. The lowest BCUT2D eigenvalue weighted by Crippen LogP contribution is -2.52. The summed E-state index contributed by atoms with van der Waals surface area (Å²) in [5.74, 6) is -1.55. The molecule has 0 aromatic heterocycles. The molecule has 0 radical (unpaired) electrons. The van der Waals surface area contributed by atoms with Gasteiger partial charge in [-0.25, -0.2) is 4.79 Å². The first kappa shape index (κ1) is 12.0. The Kier molecular flexibility index (Phi) is 2.91. The van der Waals surface area contributed by atoms with E-state index in [4.69, 9.17) is 0 Å². The van der Waals surface area contributed by atoms with Gasteiger partial charge in [0.15, 0.2) is 0 Å². The van der Waals surface area contributed by atoms with E-state index in [1.54, 1.807) is 0 Å². The minimum absolute atomic E-state index is 0.169. The van der Waals surface area contributed by atoms with Crippen molar-refractivity contribution in [3.63, 3.8) is 0 Å². The highest BCUT2D eigenvalue weighted by atomic mass is 16.2. The Bertz CT molecular complexity index is 372. The van der Waals surface area contributed by atoms with Crippen LogP contribution in [0.1, 0.15) is 25.7 Å². The molecule has 0 bridgehead atoms. The minimum Gasteiger partial charge on any atom is -0.302 e. The molecule has 1 N–H and O–H groups in total. The van der Waals surface area contributed by atoms with Crippen LogP contribution >= 0.6 is 0 Å². The molecule has 2 rings (SSSR count). The Labute approximate surface area is 99.9 Å². The van der Waals surface area contributed by atoms with Gasteiger partial charge in [-0.15, -0.1) is 0 Å². The molecule has 0 aromatic rings. The van der Waals surface area contributed by atoms with Crippen molar-refractivity contribution in [3.05, 3.63) is 0 Å². The third-order valence-electron chi connectivity index (χ3n) is 3.84. The summed E-state index contributed by atoms with van der Waals surface area (Å²) < 4.78 is 0. The number of rotatable bonds is 3. The first-order valence-electron chi connectivity index (χ1n) is 5.80. The Morgan fingerprint density at radius 3 is 2.24 bits per heavy atom. The van der Waals surface area contributed by atoms with Crippen LogP contribution in [-0.4, -0.2) is 53.8 Å². The molecule has 0 spiro atoms. The summed E-state index contributed by atoms with van der Waals surface area (Å²) in [6.45, 7) is 0.302. The van der Waals surface area contributed by atoms with Crippen LogP contribution in [0.2, 0.25) is 0 Å². The van der Waals surface area contributed by atoms with Crippen molar-refractivity contribution in [1.29, 1.82) is 0 Å². The van der Waals surface area contributed by atoms with E-state index in [2.05, 4.69) is 4.90 Å². The highest BCUT2D eigenvalue weighted by Gasteiger charge is 2.45. The van der Waals surface area contributed by atoms with Crippen molar-refractivity contribution in [2.45, 2.75) is 31.2 Å². The van der Waals surface area contributed by atoms with Crippen molar-refractivity contribution in [1.82, 2.24) is 15.1 Å². The van der Waals surface area contributed by atoms with Crippen molar-refractivity contribution in [3.8, 4) is 0 Å². The molecule has 1 aliphatic heterocycles. The van der Waals surface area contributed by atoms with E-state index in [9.17, 15) is 14.4 Å². The van der Waals surface area contributed by atoms with Gasteiger partial charge >= 0.3 is 17.8 Å². The Hall–Kier alpha value is -1.43. The van der Waals surface area contributed by atoms with Crippen molar-refractivity contribution in [2.24, 2.45) is 0 Å². The normalized spacial score (nSPS) is 23.7. The standard InChI is InChI=1S/C11H17N3O3/c1-13(2)11(5-3-4-6-11)7-14-9(16)8(15)12-10(14)17/h3-7H2,1-2H3,(H,12,15,17). The second-order valence-corrected chi connectivity index (χ2v) is 4.98. The van der Waals surface area contributed by atoms with E-state index in [-0.39, 0.29) is 5.54 Å². The van der Waals surface area contributed by atoms with Crippen LogP contribution in [0.15, 0.2) is 0 Å². The first-order valence-corrected chi connectivity index (χ1v) is 5.80. The summed E-state index contributed by atoms with van der Waals surface area (Å²) in [7, 11) is 3.90. The smallest absolute Gasteiger partial charge is 0.302 e. The summed E-state index contributed by atoms with van der Waals surface area (Å²) in [6, 6.07) is -0.590. The number of carbonyl (C=O) groups is 3. The number of carbonyl (C=O) groups excluding carboxylic acids is 3. The third-order valence-corrected chi connectivity index (χ3v) is 3.84. The quantitative estimate of drug-likeness (QED) is 0.553. The molecule has 0 atom stereocenters. The second kappa shape index (κ2) is 4.10. The fraction of sp³-hybridized carbons (Fsp3) is 0.727. The molecule has 4 amide bonds. The van der Waals surface area contributed by atoms with E-state index < -0.39 is 17.8 Å². The SMILES string of the molecule is CN(C)C1(CN2C(=O)NC(=O)C2=O)CCCC1. The molecule has 17 heavy (non-hydrogen) atoms. The molecule has 1 aliphatic carbocycles. The van der Waals surface area contributed by atoms with Gasteiger partial charge in [0.05, 0.1) is 0 Å². The monoisotopic (exact) mass is 239 g/mol. The molecule has 6 nitrogen and oxygen atoms in total. The van der Waals surface area contributed by atoms with E-state index in [0.717, 1.165) is 30.6 Å². The highest BCUT2D eigenvalue weighted by Crippen LogP contribution is 2.34. The molecule has 0 unspecified atom stereocenters. The van der Waals surface area contributed by atoms with Crippen LogP contribution in [0.3, 0.4) is 0 Å². The van der Waals surface area contributed by atoms with Gasteiger partial charge in [0.1, 0.15) is 0 Å². The molecule has 1 saturated carbocycles. The van der Waals surface area contributed by atoms with Gasteiger partial charge in [-0.2, -0.15) is 0 Å². The van der Waals surface area contributed by atoms with E-state index in [1.165, 1.54) is 0 Å². The van der Waals surface area contributed by atoms with Crippen molar-refractivity contribution in [2.75, 3.05) is 20.6 Å². The summed E-state index contributed by atoms with van der Waals surface area (Å²) in [5.41, 5.74) is -0.169. The Morgan fingerprint density at radius 1 is 1.24 bits per heavy atom. The molecule has 2 fully saturated rings. The maximum absolute atomic E-state index is 11.5. The number of urea groups is 1. The lowest BCUT2D eigenvalue weighted by Gasteiger charge is -2.38. The fourth-order valence-electron chi connectivity index (χ4n) is 2.65. The number of imide groups is 2. The summed E-state index contributed by atoms with van der Waals surface area (Å²) in [5, 5.41) is 2.03.